The van der Waals surface area contributed by atoms with Crippen LogP contribution in [-0.2, 0) is 0 Å². The number of hydrogen-bond acceptors (Lipinski definition) is 4. The molecule has 2 N–H and O–H groups in total. The molecule has 1 unspecified atom stereocenters. The highest BCUT2D eigenvalue weighted by Crippen LogP contribution is 2.36. The van der Waals surface area contributed by atoms with Crippen LogP contribution in [0.5, 0.6) is 0 Å². The molecule has 1 fully saturated rings. The van der Waals surface area contributed by atoms with Crippen molar-refractivity contribution in [1.82, 2.24) is 4.98 Å². The van der Waals surface area contributed by atoms with Crippen molar-refractivity contribution in [1.29, 1.82) is 0 Å². The van der Waals surface area contributed by atoms with E-state index in [-0.39, 0.29) is 16.5 Å². The Bertz CT molecular complexity index is 735. The van der Waals surface area contributed by atoms with Crippen LogP contribution >= 0.6 is 35.8 Å². The van der Waals surface area contributed by atoms with Crippen LogP contribution in [-0.4, -0.2) is 25.3 Å². The van der Waals surface area contributed by atoms with Gasteiger partial charge in [-0.05, 0) is 60.9 Å². The van der Waals surface area contributed by atoms with Gasteiger partial charge in [0, 0.05) is 6.42 Å². The number of thiocarbonyl (C=S) groups is 2. The molecule has 3 rings (SSSR count). The van der Waals surface area contributed by atoms with Gasteiger partial charge in [-0.15, -0.1) is 11.3 Å². The summed E-state index contributed by atoms with van der Waals surface area (Å²) in [4.78, 5) is 4.57. The van der Waals surface area contributed by atoms with E-state index in [0.29, 0.717) is 10.9 Å². The SMILES string of the molecule is OC(=S)CC(C(O)=S)c1nc2ccc(C3CCCCC3)cc2s1. The quantitative estimate of drug-likeness (QED) is 0.677. The molecular weight excluding hydrogens is 346 g/mol. The monoisotopic (exact) mass is 365 g/mol. The molecule has 2 aromatic rings. The lowest BCUT2D eigenvalue weighted by Crippen LogP contribution is -2.13. The molecule has 0 aliphatic heterocycles. The van der Waals surface area contributed by atoms with Crippen molar-refractivity contribution in [2.24, 2.45) is 0 Å². The first-order valence-corrected chi connectivity index (χ1v) is 9.53. The van der Waals surface area contributed by atoms with Gasteiger partial charge in [0.15, 0.2) is 10.1 Å². The first kappa shape index (κ1) is 16.7. The van der Waals surface area contributed by atoms with E-state index >= 15 is 0 Å². The van der Waals surface area contributed by atoms with Gasteiger partial charge >= 0.3 is 0 Å². The summed E-state index contributed by atoms with van der Waals surface area (Å²) in [6, 6.07) is 6.44. The number of thiazole rings is 1. The minimum Gasteiger partial charge on any atom is -0.502 e. The van der Waals surface area contributed by atoms with Crippen molar-refractivity contribution in [2.45, 2.75) is 50.4 Å². The largest absolute Gasteiger partial charge is 0.502 e. The van der Waals surface area contributed by atoms with Crippen LogP contribution in [0, 0.1) is 0 Å². The molecule has 1 aromatic carbocycles. The maximum atomic E-state index is 9.73. The van der Waals surface area contributed by atoms with Gasteiger partial charge in [-0.2, -0.15) is 0 Å². The van der Waals surface area contributed by atoms with Crippen LogP contribution < -0.4 is 0 Å². The second-order valence-electron chi connectivity index (χ2n) is 6.10. The van der Waals surface area contributed by atoms with Gasteiger partial charge in [-0.1, -0.05) is 25.3 Å². The molecule has 1 aliphatic rings. The smallest absolute Gasteiger partial charge is 0.167 e. The fourth-order valence-electron chi connectivity index (χ4n) is 3.25. The third kappa shape index (κ3) is 3.87. The normalized spacial score (nSPS) is 17.2. The Labute approximate surface area is 150 Å². The van der Waals surface area contributed by atoms with Gasteiger partial charge in [-0.3, -0.25) is 0 Å². The summed E-state index contributed by atoms with van der Waals surface area (Å²) in [5.41, 5.74) is 2.29. The number of hydrogen-bond donors (Lipinski definition) is 2. The molecule has 0 radical (unpaired) electrons. The molecule has 1 heterocycles. The van der Waals surface area contributed by atoms with Crippen molar-refractivity contribution in [2.75, 3.05) is 0 Å². The van der Waals surface area contributed by atoms with Gasteiger partial charge in [0.2, 0.25) is 0 Å². The van der Waals surface area contributed by atoms with E-state index in [4.69, 9.17) is 24.4 Å². The second-order valence-corrected chi connectivity index (χ2v) is 8.05. The summed E-state index contributed by atoms with van der Waals surface area (Å²) < 4.78 is 1.10. The van der Waals surface area contributed by atoms with E-state index in [1.54, 1.807) is 0 Å². The lowest BCUT2D eigenvalue weighted by atomic mass is 9.84. The van der Waals surface area contributed by atoms with Crippen molar-refractivity contribution in [3.8, 4) is 0 Å². The van der Waals surface area contributed by atoms with Crippen LogP contribution in [0.2, 0.25) is 0 Å². The highest BCUT2D eigenvalue weighted by atomic mass is 32.1. The highest BCUT2D eigenvalue weighted by Gasteiger charge is 2.23. The number of aliphatic hydroxyl groups is 2. The van der Waals surface area contributed by atoms with Crippen molar-refractivity contribution in [3.05, 3.63) is 28.8 Å². The average molecular weight is 366 g/mol. The minimum atomic E-state index is -0.502. The van der Waals surface area contributed by atoms with Gasteiger partial charge in [0.1, 0.15) is 5.01 Å². The molecule has 122 valence electrons. The number of rotatable bonds is 5. The second kappa shape index (κ2) is 7.20. The van der Waals surface area contributed by atoms with E-state index in [0.717, 1.165) is 10.2 Å². The van der Waals surface area contributed by atoms with E-state index in [2.05, 4.69) is 17.1 Å². The van der Waals surface area contributed by atoms with E-state index in [1.165, 1.54) is 49.0 Å². The summed E-state index contributed by atoms with van der Waals surface area (Å²) in [7, 11) is 0. The molecule has 0 saturated heterocycles. The topological polar surface area (TPSA) is 53.4 Å². The van der Waals surface area contributed by atoms with Gasteiger partial charge in [0.05, 0.1) is 16.1 Å². The zero-order valence-corrected chi connectivity index (χ0v) is 15.1. The van der Waals surface area contributed by atoms with Crippen LogP contribution in [0.25, 0.3) is 10.2 Å². The molecule has 1 saturated carbocycles. The average Bonchev–Trinajstić information content (AvgIpc) is 2.95. The molecule has 23 heavy (non-hydrogen) atoms. The Morgan fingerprint density at radius 1 is 1.22 bits per heavy atom. The molecule has 0 amide bonds. The van der Waals surface area contributed by atoms with E-state index < -0.39 is 5.92 Å². The summed E-state index contributed by atoms with van der Waals surface area (Å²) >= 11 is 11.2. The van der Waals surface area contributed by atoms with Crippen molar-refractivity contribution < 1.29 is 10.2 Å². The Morgan fingerprint density at radius 3 is 2.61 bits per heavy atom. The molecule has 0 spiro atoms. The predicted molar refractivity (Wildman–Crippen MR) is 103 cm³/mol. The number of fused-ring (bicyclic) bond motifs is 1. The fraction of sp³-hybridized carbons (Fsp3) is 0.471. The van der Waals surface area contributed by atoms with Crippen molar-refractivity contribution in [3.63, 3.8) is 0 Å². The van der Waals surface area contributed by atoms with Gasteiger partial charge in [-0.25, -0.2) is 4.98 Å². The lowest BCUT2D eigenvalue weighted by molar-refractivity contribution is 0.444. The highest BCUT2D eigenvalue weighted by molar-refractivity contribution is 7.80. The summed E-state index contributed by atoms with van der Waals surface area (Å²) in [6.45, 7) is 0. The Balaban J connectivity index is 1.91. The molecule has 1 aromatic heterocycles. The van der Waals surface area contributed by atoms with E-state index in [1.807, 2.05) is 6.07 Å². The van der Waals surface area contributed by atoms with Crippen LogP contribution in [0.1, 0.15) is 60.9 Å². The molecule has 3 nitrogen and oxygen atoms in total. The fourth-order valence-corrected chi connectivity index (χ4v) is 4.81. The Kier molecular flexibility index (Phi) is 5.24. The predicted octanol–water partition coefficient (Wildman–Crippen LogP) is 5.59. The zero-order valence-electron chi connectivity index (χ0n) is 12.7. The molecule has 1 atom stereocenters. The number of benzene rings is 1. The van der Waals surface area contributed by atoms with E-state index in [9.17, 15) is 10.2 Å². The summed E-state index contributed by atoms with van der Waals surface area (Å²) in [6.07, 6.45) is 6.63. The van der Waals surface area contributed by atoms with Gasteiger partial charge < -0.3 is 10.2 Å². The summed E-state index contributed by atoms with van der Waals surface area (Å²) in [5, 5.41) is 19.5. The minimum absolute atomic E-state index is 0.139. The first-order valence-electron chi connectivity index (χ1n) is 7.89. The Hall–Kier alpha value is -1.11. The number of aromatic nitrogens is 1. The maximum Gasteiger partial charge on any atom is 0.167 e. The summed E-state index contributed by atoms with van der Waals surface area (Å²) in [5.74, 6) is 0.150. The molecule has 1 aliphatic carbocycles. The first-order chi connectivity index (χ1) is 11.0. The maximum absolute atomic E-state index is 9.73. The lowest BCUT2D eigenvalue weighted by Gasteiger charge is -2.21. The van der Waals surface area contributed by atoms with Crippen molar-refractivity contribution >= 4 is 56.1 Å². The molecular formula is C17H19NO2S3. The van der Waals surface area contributed by atoms with Gasteiger partial charge in [0.25, 0.3) is 0 Å². The molecule has 0 bridgehead atoms. The van der Waals surface area contributed by atoms with Crippen LogP contribution in [0.3, 0.4) is 0 Å². The number of nitrogens with zero attached hydrogens (tertiary/aromatic N) is 1. The third-order valence-corrected chi connectivity index (χ3v) is 6.06. The Morgan fingerprint density at radius 2 is 1.96 bits per heavy atom. The van der Waals surface area contributed by atoms with Crippen LogP contribution in [0.15, 0.2) is 18.2 Å². The standard InChI is InChI=1S/C17H19NO2S3/c19-15(21)9-12(17(20)22)16-18-13-7-6-11(8-14(13)23-16)10-4-2-1-3-5-10/h6-8,10,12H,1-5,9H2,(H,19,21)(H,20,22). The zero-order chi connectivity index (χ0) is 16.4. The third-order valence-electron chi connectivity index (χ3n) is 4.48. The van der Waals surface area contributed by atoms with Crippen LogP contribution in [0.4, 0.5) is 0 Å². The number of aliphatic hydroxyl groups excluding tert-OH is 2. The molecule has 6 heteroatoms.